The molecule has 106 valence electrons. The molecule has 4 rings (SSSR count). The lowest BCUT2D eigenvalue weighted by atomic mass is 10.1. The van der Waals surface area contributed by atoms with Crippen molar-refractivity contribution < 1.29 is 9.05 Å². The predicted octanol–water partition coefficient (Wildman–Crippen LogP) is 1.64. The van der Waals surface area contributed by atoms with Gasteiger partial charge in [-0.15, -0.1) is 10.2 Å². The van der Waals surface area contributed by atoms with Crippen molar-refractivity contribution in [3.05, 3.63) is 43.0 Å². The number of nitrogens with zero attached hydrogens (tertiary/aromatic N) is 7. The van der Waals surface area contributed by atoms with Crippen LogP contribution in [0.2, 0.25) is 0 Å². The van der Waals surface area contributed by atoms with Gasteiger partial charge in [-0.2, -0.15) is 0 Å². The SMILES string of the molecule is c1ccc(-c2onnc2-c2nccnc2-c2cnno2)nc1. The van der Waals surface area contributed by atoms with Crippen molar-refractivity contribution in [3.8, 4) is 34.3 Å². The minimum atomic E-state index is 0.373. The third-order valence-corrected chi connectivity index (χ3v) is 2.90. The molecule has 4 aromatic rings. The number of hydrogen-bond acceptors (Lipinski definition) is 9. The standard InChI is InChI=1S/C13H7N7O2/c1-2-4-14-8(3-1)13-12(18-20-22-13)11-10(15-5-6-16-11)9-7-17-19-21-9/h1-7H. The molecule has 0 saturated carbocycles. The summed E-state index contributed by atoms with van der Waals surface area (Å²) in [6.45, 7) is 0. The van der Waals surface area contributed by atoms with Crippen molar-refractivity contribution >= 4 is 0 Å². The van der Waals surface area contributed by atoms with Crippen LogP contribution in [0.15, 0.2) is 52.0 Å². The highest BCUT2D eigenvalue weighted by molar-refractivity contribution is 5.80. The minimum absolute atomic E-state index is 0.373. The highest BCUT2D eigenvalue weighted by atomic mass is 16.5. The van der Waals surface area contributed by atoms with Gasteiger partial charge in [0.05, 0.1) is 0 Å². The van der Waals surface area contributed by atoms with Crippen molar-refractivity contribution in [3.63, 3.8) is 0 Å². The van der Waals surface area contributed by atoms with E-state index >= 15 is 0 Å². The Morgan fingerprint density at radius 2 is 1.68 bits per heavy atom. The van der Waals surface area contributed by atoms with E-state index in [0.717, 1.165) is 0 Å². The molecular weight excluding hydrogens is 286 g/mol. The summed E-state index contributed by atoms with van der Waals surface area (Å²) in [5.74, 6) is 0.771. The summed E-state index contributed by atoms with van der Waals surface area (Å²) in [5.41, 5.74) is 1.90. The molecule has 0 bridgehead atoms. The van der Waals surface area contributed by atoms with E-state index in [-0.39, 0.29) is 0 Å². The first-order valence-electron chi connectivity index (χ1n) is 6.26. The lowest BCUT2D eigenvalue weighted by Crippen LogP contribution is -1.94. The number of hydrogen-bond donors (Lipinski definition) is 0. The zero-order valence-electron chi connectivity index (χ0n) is 11.0. The number of pyridine rings is 1. The van der Waals surface area contributed by atoms with Crippen LogP contribution in [0.1, 0.15) is 0 Å². The minimum Gasteiger partial charge on any atom is -0.335 e. The van der Waals surface area contributed by atoms with Gasteiger partial charge in [0, 0.05) is 29.1 Å². The molecule has 22 heavy (non-hydrogen) atoms. The summed E-state index contributed by atoms with van der Waals surface area (Å²) in [6.07, 6.45) is 6.18. The molecular formula is C13H7N7O2. The second kappa shape index (κ2) is 5.13. The summed E-state index contributed by atoms with van der Waals surface area (Å²) < 4.78 is 10.3. The number of rotatable bonds is 3. The average molecular weight is 293 g/mol. The van der Waals surface area contributed by atoms with Gasteiger partial charge in [0.2, 0.25) is 11.5 Å². The van der Waals surface area contributed by atoms with Crippen LogP contribution in [-0.4, -0.2) is 35.7 Å². The molecule has 0 saturated heterocycles. The van der Waals surface area contributed by atoms with E-state index in [0.29, 0.717) is 34.3 Å². The van der Waals surface area contributed by atoms with Crippen LogP contribution in [0.3, 0.4) is 0 Å². The third-order valence-electron chi connectivity index (χ3n) is 2.90. The molecule has 4 aromatic heterocycles. The van der Waals surface area contributed by atoms with E-state index in [9.17, 15) is 0 Å². The molecule has 0 radical (unpaired) electrons. The Hall–Kier alpha value is -3.49. The van der Waals surface area contributed by atoms with E-state index < -0.39 is 0 Å². The Balaban J connectivity index is 1.90. The fraction of sp³-hybridized carbons (Fsp3) is 0. The predicted molar refractivity (Wildman–Crippen MR) is 71.8 cm³/mol. The van der Waals surface area contributed by atoms with Crippen LogP contribution in [0, 0.1) is 0 Å². The van der Waals surface area contributed by atoms with Gasteiger partial charge in [-0.3, -0.25) is 9.97 Å². The first kappa shape index (κ1) is 12.3. The van der Waals surface area contributed by atoms with Crippen molar-refractivity contribution in [2.45, 2.75) is 0 Å². The Bertz CT molecular complexity index is 890. The summed E-state index contributed by atoms with van der Waals surface area (Å²) in [6, 6.07) is 5.44. The average Bonchev–Trinajstić information content (AvgIpc) is 3.27. The maximum atomic E-state index is 5.22. The van der Waals surface area contributed by atoms with Crippen molar-refractivity contribution in [2.75, 3.05) is 0 Å². The largest absolute Gasteiger partial charge is 0.335 e. The third kappa shape index (κ3) is 2.00. The van der Waals surface area contributed by atoms with Crippen LogP contribution in [0.5, 0.6) is 0 Å². The normalized spacial score (nSPS) is 10.7. The topological polar surface area (TPSA) is 117 Å². The van der Waals surface area contributed by atoms with Gasteiger partial charge in [-0.1, -0.05) is 6.07 Å². The van der Waals surface area contributed by atoms with Crippen LogP contribution >= 0.6 is 0 Å². The lowest BCUT2D eigenvalue weighted by Gasteiger charge is -2.02. The Labute approximate surface area is 123 Å². The van der Waals surface area contributed by atoms with Crippen molar-refractivity contribution in [2.24, 2.45) is 0 Å². The molecule has 9 heteroatoms. The highest BCUT2D eigenvalue weighted by Crippen LogP contribution is 2.32. The van der Waals surface area contributed by atoms with Gasteiger partial charge in [0.1, 0.15) is 23.3 Å². The van der Waals surface area contributed by atoms with Crippen molar-refractivity contribution in [1.82, 2.24) is 35.7 Å². The van der Waals surface area contributed by atoms with E-state index in [1.165, 1.54) is 12.4 Å². The molecule has 0 atom stereocenters. The fourth-order valence-corrected chi connectivity index (χ4v) is 1.97. The van der Waals surface area contributed by atoms with Crippen LogP contribution in [0.25, 0.3) is 34.3 Å². The first-order chi connectivity index (χ1) is 10.9. The van der Waals surface area contributed by atoms with Gasteiger partial charge in [0.25, 0.3) is 0 Å². The Morgan fingerprint density at radius 3 is 2.45 bits per heavy atom. The maximum absolute atomic E-state index is 5.22. The van der Waals surface area contributed by atoms with Gasteiger partial charge in [-0.05, 0) is 12.1 Å². The molecule has 0 aromatic carbocycles. The van der Waals surface area contributed by atoms with Gasteiger partial charge >= 0.3 is 0 Å². The second-order valence-electron chi connectivity index (χ2n) is 4.20. The molecule has 0 fully saturated rings. The van der Waals surface area contributed by atoms with E-state index in [4.69, 9.17) is 9.05 Å². The zero-order valence-corrected chi connectivity index (χ0v) is 11.0. The summed E-state index contributed by atoms with van der Waals surface area (Å²) in [4.78, 5) is 12.8. The number of aromatic nitrogens is 7. The van der Waals surface area contributed by atoms with Crippen molar-refractivity contribution in [1.29, 1.82) is 0 Å². The molecule has 0 aliphatic rings. The van der Waals surface area contributed by atoms with Crippen LogP contribution in [-0.2, 0) is 0 Å². The lowest BCUT2D eigenvalue weighted by molar-refractivity contribution is 0.402. The molecule has 0 aliphatic carbocycles. The molecule has 4 heterocycles. The van der Waals surface area contributed by atoms with Crippen LogP contribution < -0.4 is 0 Å². The highest BCUT2D eigenvalue weighted by Gasteiger charge is 2.22. The maximum Gasteiger partial charge on any atom is 0.215 e. The fourth-order valence-electron chi connectivity index (χ4n) is 1.97. The first-order valence-corrected chi connectivity index (χ1v) is 6.26. The molecule has 0 amide bonds. The quantitative estimate of drug-likeness (QED) is 0.555. The molecule has 0 spiro atoms. The van der Waals surface area contributed by atoms with Gasteiger partial charge in [0.15, 0.2) is 5.69 Å². The molecule has 9 nitrogen and oxygen atoms in total. The molecule has 0 unspecified atom stereocenters. The summed E-state index contributed by atoms with van der Waals surface area (Å²) >= 11 is 0. The zero-order chi connectivity index (χ0) is 14.8. The second-order valence-corrected chi connectivity index (χ2v) is 4.20. The Morgan fingerprint density at radius 1 is 0.773 bits per heavy atom. The molecule has 0 aliphatic heterocycles. The van der Waals surface area contributed by atoms with E-state index in [1.807, 2.05) is 6.07 Å². The van der Waals surface area contributed by atoms with E-state index in [2.05, 4.69) is 35.7 Å². The molecule has 0 N–H and O–H groups in total. The monoisotopic (exact) mass is 293 g/mol. The van der Waals surface area contributed by atoms with Gasteiger partial charge in [-0.25, -0.2) is 4.98 Å². The van der Waals surface area contributed by atoms with Crippen LogP contribution in [0.4, 0.5) is 0 Å². The van der Waals surface area contributed by atoms with Gasteiger partial charge < -0.3 is 9.05 Å². The Kier molecular flexibility index (Phi) is 2.86. The summed E-state index contributed by atoms with van der Waals surface area (Å²) in [7, 11) is 0. The smallest absolute Gasteiger partial charge is 0.215 e. The van der Waals surface area contributed by atoms with E-state index in [1.54, 1.807) is 24.5 Å². The summed E-state index contributed by atoms with van der Waals surface area (Å²) in [5, 5.41) is 14.7.